The van der Waals surface area contributed by atoms with Gasteiger partial charge in [-0.3, -0.25) is 9.78 Å². The van der Waals surface area contributed by atoms with Crippen molar-refractivity contribution in [3.63, 3.8) is 0 Å². The number of nitrogens with zero attached hydrogens (tertiary/aromatic N) is 2. The first-order chi connectivity index (χ1) is 15.4. The molecule has 0 aliphatic heterocycles. The third-order valence-electron chi connectivity index (χ3n) is 4.75. The van der Waals surface area contributed by atoms with Crippen molar-refractivity contribution in [3.8, 4) is 11.3 Å². The Kier molecular flexibility index (Phi) is 6.35. The number of halogens is 2. The Morgan fingerprint density at radius 1 is 1.00 bits per heavy atom. The number of esters is 1. The van der Waals surface area contributed by atoms with Crippen LogP contribution >= 0.6 is 23.2 Å². The Balaban J connectivity index is 1.59. The number of nitrogens with one attached hydrogen (secondary N) is 1. The molecule has 2 aromatic heterocycles. The standard InChI is InChI=1S/C24H17Cl2N3O3/c1-14(23(30)29-21-7-6-16(25)12-19(21)26)32-24(31)18-13-22(15-8-10-27-11-9-15)28-20-5-3-2-4-17(18)20/h2-14H,1H3,(H,29,30). The molecule has 2 heterocycles. The number of pyridine rings is 2. The minimum absolute atomic E-state index is 0.284. The number of benzene rings is 2. The van der Waals surface area contributed by atoms with Gasteiger partial charge in [0, 0.05) is 28.4 Å². The highest BCUT2D eigenvalue weighted by Gasteiger charge is 2.22. The van der Waals surface area contributed by atoms with Crippen molar-refractivity contribution in [2.24, 2.45) is 0 Å². The molecule has 0 radical (unpaired) electrons. The monoisotopic (exact) mass is 465 g/mol. The minimum Gasteiger partial charge on any atom is -0.449 e. The molecule has 4 aromatic rings. The maximum Gasteiger partial charge on any atom is 0.339 e. The van der Waals surface area contributed by atoms with Crippen LogP contribution in [0.2, 0.25) is 10.0 Å². The summed E-state index contributed by atoms with van der Waals surface area (Å²) in [5, 5.41) is 4.00. The van der Waals surface area contributed by atoms with Gasteiger partial charge in [0.2, 0.25) is 0 Å². The summed E-state index contributed by atoms with van der Waals surface area (Å²) in [5.74, 6) is -1.15. The number of carbonyl (C=O) groups is 2. The number of para-hydroxylation sites is 1. The molecule has 1 amide bonds. The summed E-state index contributed by atoms with van der Waals surface area (Å²) in [5.41, 5.74) is 2.73. The zero-order valence-electron chi connectivity index (χ0n) is 16.9. The van der Waals surface area contributed by atoms with Crippen LogP contribution in [0.25, 0.3) is 22.2 Å². The fourth-order valence-electron chi connectivity index (χ4n) is 3.12. The van der Waals surface area contributed by atoms with Gasteiger partial charge in [-0.05, 0) is 49.4 Å². The largest absolute Gasteiger partial charge is 0.449 e. The SMILES string of the molecule is CC(OC(=O)c1cc(-c2ccncc2)nc2ccccc12)C(=O)Nc1ccc(Cl)cc1Cl. The highest BCUT2D eigenvalue weighted by molar-refractivity contribution is 6.36. The molecular formula is C24H17Cl2N3O3. The molecule has 4 rings (SSSR count). The number of hydrogen-bond acceptors (Lipinski definition) is 5. The Morgan fingerprint density at radius 2 is 1.75 bits per heavy atom. The summed E-state index contributed by atoms with van der Waals surface area (Å²) in [4.78, 5) is 34.3. The van der Waals surface area contributed by atoms with E-state index < -0.39 is 18.0 Å². The molecule has 2 aromatic carbocycles. The lowest BCUT2D eigenvalue weighted by molar-refractivity contribution is -0.123. The van der Waals surface area contributed by atoms with E-state index in [4.69, 9.17) is 27.9 Å². The number of aromatic nitrogens is 2. The maximum atomic E-state index is 13.0. The number of anilines is 1. The van der Waals surface area contributed by atoms with E-state index >= 15 is 0 Å². The van der Waals surface area contributed by atoms with Crippen LogP contribution in [-0.4, -0.2) is 27.9 Å². The van der Waals surface area contributed by atoms with E-state index in [1.165, 1.54) is 13.0 Å². The molecule has 8 heteroatoms. The second-order valence-corrected chi connectivity index (χ2v) is 7.81. The Hall–Kier alpha value is -3.48. The average molecular weight is 466 g/mol. The molecule has 0 bridgehead atoms. The van der Waals surface area contributed by atoms with Gasteiger partial charge >= 0.3 is 5.97 Å². The Bertz CT molecular complexity index is 1310. The van der Waals surface area contributed by atoms with Gasteiger partial charge in [0.05, 0.1) is 27.5 Å². The lowest BCUT2D eigenvalue weighted by atomic mass is 10.0. The zero-order valence-corrected chi connectivity index (χ0v) is 18.4. The molecular weight excluding hydrogens is 449 g/mol. The van der Waals surface area contributed by atoms with Gasteiger partial charge in [0.15, 0.2) is 6.10 Å². The fourth-order valence-corrected chi connectivity index (χ4v) is 3.57. The average Bonchev–Trinajstić information content (AvgIpc) is 2.80. The van der Waals surface area contributed by atoms with Crippen molar-refractivity contribution in [1.82, 2.24) is 9.97 Å². The number of amides is 1. The third kappa shape index (κ3) is 4.72. The summed E-state index contributed by atoms with van der Waals surface area (Å²) in [6.45, 7) is 1.49. The number of fused-ring (bicyclic) bond motifs is 1. The molecule has 0 spiro atoms. The van der Waals surface area contributed by atoms with Crippen LogP contribution in [0.1, 0.15) is 17.3 Å². The lowest BCUT2D eigenvalue weighted by Crippen LogP contribution is -2.30. The number of ether oxygens (including phenoxy) is 1. The topological polar surface area (TPSA) is 81.2 Å². The third-order valence-corrected chi connectivity index (χ3v) is 5.30. The summed E-state index contributed by atoms with van der Waals surface area (Å²) in [6, 6.07) is 17.2. The summed E-state index contributed by atoms with van der Waals surface area (Å²) in [7, 11) is 0. The van der Waals surface area contributed by atoms with Crippen LogP contribution in [-0.2, 0) is 9.53 Å². The van der Waals surface area contributed by atoms with Crippen molar-refractivity contribution in [2.45, 2.75) is 13.0 Å². The van der Waals surface area contributed by atoms with E-state index in [1.54, 1.807) is 48.8 Å². The van der Waals surface area contributed by atoms with E-state index in [2.05, 4.69) is 15.3 Å². The van der Waals surface area contributed by atoms with E-state index in [9.17, 15) is 9.59 Å². The minimum atomic E-state index is -1.06. The molecule has 0 saturated carbocycles. The van der Waals surface area contributed by atoms with Gasteiger partial charge in [-0.1, -0.05) is 41.4 Å². The molecule has 0 aliphatic carbocycles. The van der Waals surface area contributed by atoms with Gasteiger partial charge in [0.1, 0.15) is 0 Å². The highest BCUT2D eigenvalue weighted by Crippen LogP contribution is 2.27. The van der Waals surface area contributed by atoms with Gasteiger partial charge in [-0.2, -0.15) is 0 Å². The summed E-state index contributed by atoms with van der Waals surface area (Å²) >= 11 is 12.0. The second kappa shape index (κ2) is 9.34. The summed E-state index contributed by atoms with van der Waals surface area (Å²) < 4.78 is 5.47. The number of hydrogen-bond donors (Lipinski definition) is 1. The van der Waals surface area contributed by atoms with Crippen molar-refractivity contribution < 1.29 is 14.3 Å². The first-order valence-corrected chi connectivity index (χ1v) is 10.4. The highest BCUT2D eigenvalue weighted by atomic mass is 35.5. The van der Waals surface area contributed by atoms with Crippen molar-refractivity contribution >= 4 is 51.7 Å². The van der Waals surface area contributed by atoms with Crippen LogP contribution in [0.3, 0.4) is 0 Å². The van der Waals surface area contributed by atoms with E-state index in [-0.39, 0.29) is 5.02 Å². The summed E-state index contributed by atoms with van der Waals surface area (Å²) in [6.07, 6.45) is 2.24. The second-order valence-electron chi connectivity index (χ2n) is 6.97. The first-order valence-electron chi connectivity index (χ1n) is 9.69. The van der Waals surface area contributed by atoms with Crippen molar-refractivity contribution in [3.05, 3.63) is 88.7 Å². The van der Waals surface area contributed by atoms with E-state index in [1.807, 2.05) is 18.2 Å². The Labute approximate surface area is 194 Å². The van der Waals surface area contributed by atoms with Crippen LogP contribution < -0.4 is 5.32 Å². The Morgan fingerprint density at radius 3 is 2.50 bits per heavy atom. The molecule has 32 heavy (non-hydrogen) atoms. The van der Waals surface area contributed by atoms with Crippen LogP contribution in [0.5, 0.6) is 0 Å². The molecule has 0 aliphatic rings. The molecule has 1 unspecified atom stereocenters. The normalized spacial score (nSPS) is 11.7. The molecule has 0 saturated heterocycles. The molecule has 1 atom stereocenters. The van der Waals surface area contributed by atoms with Gasteiger partial charge in [-0.15, -0.1) is 0 Å². The van der Waals surface area contributed by atoms with Crippen LogP contribution in [0.15, 0.2) is 73.1 Å². The molecule has 6 nitrogen and oxygen atoms in total. The number of carbonyl (C=O) groups excluding carboxylic acids is 2. The van der Waals surface area contributed by atoms with Gasteiger partial charge in [0.25, 0.3) is 5.91 Å². The van der Waals surface area contributed by atoms with Crippen molar-refractivity contribution in [1.29, 1.82) is 0 Å². The first kappa shape index (κ1) is 21.7. The molecule has 160 valence electrons. The van der Waals surface area contributed by atoms with Crippen molar-refractivity contribution in [2.75, 3.05) is 5.32 Å². The predicted octanol–water partition coefficient (Wildman–Crippen LogP) is 5.79. The maximum absolute atomic E-state index is 13.0. The molecule has 0 fully saturated rings. The van der Waals surface area contributed by atoms with Crippen LogP contribution in [0.4, 0.5) is 5.69 Å². The van der Waals surface area contributed by atoms with E-state index in [0.29, 0.717) is 32.9 Å². The smallest absolute Gasteiger partial charge is 0.339 e. The quantitative estimate of drug-likeness (QED) is 0.377. The van der Waals surface area contributed by atoms with Gasteiger partial charge < -0.3 is 10.1 Å². The lowest BCUT2D eigenvalue weighted by Gasteiger charge is -2.15. The van der Waals surface area contributed by atoms with E-state index in [0.717, 1.165) is 5.56 Å². The predicted molar refractivity (Wildman–Crippen MR) is 125 cm³/mol. The number of rotatable bonds is 5. The van der Waals surface area contributed by atoms with Crippen LogP contribution in [0, 0.1) is 0 Å². The fraction of sp³-hybridized carbons (Fsp3) is 0.0833. The molecule has 1 N–H and O–H groups in total. The zero-order chi connectivity index (χ0) is 22.7. The van der Waals surface area contributed by atoms with Gasteiger partial charge in [-0.25, -0.2) is 9.78 Å².